The molecule has 0 radical (unpaired) electrons. The van der Waals surface area contributed by atoms with Crippen LogP contribution in [0.1, 0.15) is 31.9 Å². The predicted octanol–water partition coefficient (Wildman–Crippen LogP) is 4.11. The van der Waals surface area contributed by atoms with Crippen LogP contribution in [0.5, 0.6) is 5.75 Å². The van der Waals surface area contributed by atoms with E-state index in [4.69, 9.17) is 9.47 Å². The summed E-state index contributed by atoms with van der Waals surface area (Å²) in [5.41, 5.74) is 2.92. The molecule has 2 aromatic heterocycles. The van der Waals surface area contributed by atoms with E-state index >= 15 is 0 Å². The third kappa shape index (κ3) is 4.37. The first-order chi connectivity index (χ1) is 15.7. The Labute approximate surface area is 191 Å². The van der Waals surface area contributed by atoms with Crippen molar-refractivity contribution in [2.75, 3.05) is 6.61 Å². The smallest absolute Gasteiger partial charge is 0.349 e. The zero-order valence-corrected chi connectivity index (χ0v) is 19.3. The molecule has 0 spiro atoms. The molecular formula is C25H26N4O4. The molecule has 170 valence electrons. The predicted molar refractivity (Wildman–Crippen MR) is 126 cm³/mol. The number of hydrogen-bond donors (Lipinski definition) is 1. The van der Waals surface area contributed by atoms with E-state index in [1.807, 2.05) is 32.0 Å². The second-order valence-electron chi connectivity index (χ2n) is 8.33. The summed E-state index contributed by atoms with van der Waals surface area (Å²) >= 11 is 0. The minimum Gasteiger partial charge on any atom is -0.476 e. The Balaban J connectivity index is 1.68. The molecule has 0 unspecified atom stereocenters. The van der Waals surface area contributed by atoms with Gasteiger partial charge in [-0.05, 0) is 82.1 Å². The molecule has 0 amide bonds. The van der Waals surface area contributed by atoms with Crippen LogP contribution in [0.3, 0.4) is 0 Å². The van der Waals surface area contributed by atoms with E-state index in [1.165, 1.54) is 11.8 Å². The number of carbonyl (C=O) groups excluding carboxylic acids is 1. The Morgan fingerprint density at radius 2 is 1.82 bits per heavy atom. The fourth-order valence-electron chi connectivity index (χ4n) is 3.42. The second kappa shape index (κ2) is 8.54. The Kier molecular flexibility index (Phi) is 5.76. The van der Waals surface area contributed by atoms with Crippen LogP contribution in [0.4, 0.5) is 0 Å². The molecule has 2 heterocycles. The lowest BCUT2D eigenvalue weighted by Crippen LogP contribution is -2.39. The van der Waals surface area contributed by atoms with E-state index in [2.05, 4.69) is 15.1 Å². The van der Waals surface area contributed by atoms with Crippen molar-refractivity contribution in [2.45, 2.75) is 40.2 Å². The number of esters is 1. The number of rotatable bonds is 6. The van der Waals surface area contributed by atoms with E-state index in [9.17, 15) is 9.59 Å². The maximum atomic E-state index is 12.7. The number of aryl methyl sites for hydroxylation is 2. The molecule has 0 aliphatic rings. The van der Waals surface area contributed by atoms with Crippen LogP contribution in [-0.4, -0.2) is 37.9 Å². The Bertz CT molecular complexity index is 1380. The van der Waals surface area contributed by atoms with Gasteiger partial charge in [0.2, 0.25) is 0 Å². The van der Waals surface area contributed by atoms with Crippen molar-refractivity contribution in [1.29, 1.82) is 0 Å². The van der Waals surface area contributed by atoms with Gasteiger partial charge >= 0.3 is 5.97 Å². The maximum Gasteiger partial charge on any atom is 0.349 e. The first kappa shape index (κ1) is 22.3. The molecule has 33 heavy (non-hydrogen) atoms. The standard InChI is InChI=1S/C25H26N4O4/c1-6-32-24(31)25(4,5)33-19-11-8-17(9-12-19)21-27-22-20(23(30)28-21)14-26-29(22)18-10-7-15(2)16(3)13-18/h7-14H,6H2,1-5H3,(H,27,28,30). The molecule has 4 rings (SSSR count). The van der Waals surface area contributed by atoms with Crippen molar-refractivity contribution in [3.63, 3.8) is 0 Å². The molecule has 1 N–H and O–H groups in total. The Morgan fingerprint density at radius 3 is 2.48 bits per heavy atom. The number of aromatic nitrogens is 4. The minimum absolute atomic E-state index is 0.270. The molecule has 0 saturated heterocycles. The number of nitrogens with one attached hydrogen (secondary N) is 1. The zero-order chi connectivity index (χ0) is 23.8. The van der Waals surface area contributed by atoms with Crippen molar-refractivity contribution in [3.05, 3.63) is 70.1 Å². The highest BCUT2D eigenvalue weighted by molar-refractivity contribution is 5.79. The van der Waals surface area contributed by atoms with Crippen molar-refractivity contribution in [1.82, 2.24) is 19.7 Å². The monoisotopic (exact) mass is 446 g/mol. The number of hydrogen-bond acceptors (Lipinski definition) is 6. The van der Waals surface area contributed by atoms with E-state index in [-0.39, 0.29) is 12.2 Å². The van der Waals surface area contributed by atoms with Crippen molar-refractivity contribution in [2.24, 2.45) is 0 Å². The lowest BCUT2D eigenvalue weighted by molar-refractivity contribution is -0.158. The first-order valence-corrected chi connectivity index (χ1v) is 10.7. The van der Waals surface area contributed by atoms with Gasteiger partial charge in [-0.1, -0.05) is 6.07 Å². The number of carbonyl (C=O) groups is 1. The van der Waals surface area contributed by atoms with Crippen LogP contribution in [0, 0.1) is 13.8 Å². The molecule has 8 nitrogen and oxygen atoms in total. The second-order valence-corrected chi connectivity index (χ2v) is 8.33. The number of nitrogens with zero attached hydrogens (tertiary/aromatic N) is 3. The maximum absolute atomic E-state index is 12.7. The molecule has 2 aromatic carbocycles. The van der Waals surface area contributed by atoms with Crippen LogP contribution in [0.15, 0.2) is 53.5 Å². The Morgan fingerprint density at radius 1 is 1.09 bits per heavy atom. The van der Waals surface area contributed by atoms with Gasteiger partial charge in [-0.25, -0.2) is 14.5 Å². The van der Waals surface area contributed by atoms with E-state index in [1.54, 1.807) is 49.7 Å². The third-order valence-electron chi connectivity index (χ3n) is 5.44. The lowest BCUT2D eigenvalue weighted by atomic mass is 10.1. The van der Waals surface area contributed by atoms with Gasteiger partial charge in [0.1, 0.15) is 17.0 Å². The van der Waals surface area contributed by atoms with Crippen molar-refractivity contribution < 1.29 is 14.3 Å². The molecule has 0 saturated carbocycles. The molecule has 0 atom stereocenters. The summed E-state index contributed by atoms with van der Waals surface area (Å²) in [6.07, 6.45) is 1.52. The highest BCUT2D eigenvalue weighted by atomic mass is 16.6. The summed E-state index contributed by atoms with van der Waals surface area (Å²) in [4.78, 5) is 32.3. The summed E-state index contributed by atoms with van der Waals surface area (Å²) in [5.74, 6) is 0.472. The van der Waals surface area contributed by atoms with Gasteiger partial charge in [0.25, 0.3) is 5.56 Å². The lowest BCUT2D eigenvalue weighted by Gasteiger charge is -2.24. The van der Waals surface area contributed by atoms with Crippen molar-refractivity contribution in [3.8, 4) is 22.8 Å². The zero-order valence-electron chi connectivity index (χ0n) is 19.3. The highest BCUT2D eigenvalue weighted by Crippen LogP contribution is 2.24. The minimum atomic E-state index is -1.12. The summed E-state index contributed by atoms with van der Waals surface area (Å²) in [5, 5.41) is 4.80. The first-order valence-electron chi connectivity index (χ1n) is 10.7. The number of benzene rings is 2. The van der Waals surface area contributed by atoms with E-state index in [0.29, 0.717) is 28.2 Å². The van der Waals surface area contributed by atoms with Crippen LogP contribution in [0.25, 0.3) is 28.1 Å². The summed E-state index contributed by atoms with van der Waals surface area (Å²) in [7, 11) is 0. The topological polar surface area (TPSA) is 99.1 Å². The molecule has 0 bridgehead atoms. The molecule has 4 aromatic rings. The molecule has 0 fully saturated rings. The average Bonchev–Trinajstić information content (AvgIpc) is 3.21. The number of fused-ring (bicyclic) bond motifs is 1. The van der Waals surface area contributed by atoms with Gasteiger partial charge in [-0.3, -0.25) is 4.79 Å². The molecule has 0 aliphatic heterocycles. The number of H-pyrrole nitrogens is 1. The third-order valence-corrected chi connectivity index (χ3v) is 5.44. The van der Waals surface area contributed by atoms with Crippen LogP contribution in [0.2, 0.25) is 0 Å². The van der Waals surface area contributed by atoms with Crippen LogP contribution >= 0.6 is 0 Å². The van der Waals surface area contributed by atoms with Gasteiger partial charge in [0, 0.05) is 5.56 Å². The van der Waals surface area contributed by atoms with Gasteiger partial charge in [0.15, 0.2) is 11.2 Å². The molecular weight excluding hydrogens is 420 g/mol. The van der Waals surface area contributed by atoms with Gasteiger partial charge in [-0.2, -0.15) is 5.10 Å². The summed E-state index contributed by atoms with van der Waals surface area (Å²) in [6, 6.07) is 13.0. The van der Waals surface area contributed by atoms with Gasteiger partial charge in [0.05, 0.1) is 18.5 Å². The molecule has 0 aliphatic carbocycles. The van der Waals surface area contributed by atoms with E-state index < -0.39 is 11.6 Å². The van der Waals surface area contributed by atoms with Crippen molar-refractivity contribution >= 4 is 17.0 Å². The fraction of sp³-hybridized carbons (Fsp3) is 0.280. The van der Waals surface area contributed by atoms with Crippen LogP contribution in [-0.2, 0) is 9.53 Å². The summed E-state index contributed by atoms with van der Waals surface area (Å²) in [6.45, 7) is 9.41. The fourth-order valence-corrected chi connectivity index (χ4v) is 3.42. The van der Waals surface area contributed by atoms with Gasteiger partial charge in [-0.15, -0.1) is 0 Å². The SMILES string of the molecule is CCOC(=O)C(C)(C)Oc1ccc(-c2nc3c(cnn3-c3ccc(C)c(C)c3)c(=O)[nH]2)cc1. The highest BCUT2D eigenvalue weighted by Gasteiger charge is 2.31. The quantitative estimate of drug-likeness (QED) is 0.448. The number of ether oxygens (including phenoxy) is 2. The Hall–Kier alpha value is -3.94. The number of aromatic amines is 1. The summed E-state index contributed by atoms with van der Waals surface area (Å²) < 4.78 is 12.5. The largest absolute Gasteiger partial charge is 0.476 e. The normalized spacial score (nSPS) is 11.5. The van der Waals surface area contributed by atoms with E-state index in [0.717, 1.165) is 11.3 Å². The average molecular weight is 447 g/mol. The van der Waals surface area contributed by atoms with Crippen LogP contribution < -0.4 is 10.3 Å². The van der Waals surface area contributed by atoms with Gasteiger partial charge < -0.3 is 14.5 Å². The molecule has 8 heteroatoms.